The van der Waals surface area contributed by atoms with Crippen LogP contribution >= 0.6 is 74.1 Å². The Morgan fingerprint density at radius 2 is 1.67 bits per heavy atom. The second-order valence-electron chi connectivity index (χ2n) is 3.59. The molecule has 2 aliphatic heterocycles. The van der Waals surface area contributed by atoms with E-state index in [-0.39, 0.29) is 50.0 Å². The summed E-state index contributed by atoms with van der Waals surface area (Å²) in [6.45, 7) is 0. The highest BCUT2D eigenvalue weighted by molar-refractivity contribution is 8.24. The second kappa shape index (κ2) is 13.5. The van der Waals surface area contributed by atoms with Gasteiger partial charge >= 0.3 is 0 Å². The number of rotatable bonds is 1. The average Bonchev–Trinajstić information content (AvgIpc) is 3.15. The van der Waals surface area contributed by atoms with Crippen molar-refractivity contribution in [2.45, 2.75) is 0 Å². The van der Waals surface area contributed by atoms with Crippen molar-refractivity contribution in [3.63, 3.8) is 0 Å². The third-order valence-electron chi connectivity index (χ3n) is 1.92. The Hall–Kier alpha value is -0.730. The minimum absolute atomic E-state index is 0. The van der Waals surface area contributed by atoms with Gasteiger partial charge in [-0.25, -0.2) is 0 Å². The Morgan fingerprint density at radius 1 is 1.08 bits per heavy atom. The van der Waals surface area contributed by atoms with Crippen molar-refractivity contribution >= 4 is 101 Å². The van der Waals surface area contributed by atoms with Crippen LogP contribution in [-0.2, 0) is 9.59 Å². The maximum Gasteiger partial charge on any atom is 0.286 e. The van der Waals surface area contributed by atoms with Gasteiger partial charge in [0.1, 0.15) is 4.32 Å². The van der Waals surface area contributed by atoms with Gasteiger partial charge in [0, 0.05) is 0 Å². The van der Waals surface area contributed by atoms with Crippen molar-refractivity contribution in [1.82, 2.24) is 10.6 Å². The molecule has 0 atom stereocenters. The first kappa shape index (κ1) is 25.5. The van der Waals surface area contributed by atoms with Gasteiger partial charge in [-0.1, -0.05) is 41.8 Å². The molecule has 0 unspecified atom stereocenters. The number of nitrogens with two attached hydrogens (primary N) is 1. The summed E-state index contributed by atoms with van der Waals surface area (Å²) in [5.74, 6) is 0.280. The van der Waals surface area contributed by atoms with E-state index < -0.39 is 0 Å². The molecular weight excluding hydrogens is 431 g/mol. The van der Waals surface area contributed by atoms with E-state index in [1.165, 1.54) is 23.1 Å². The molecule has 13 heteroatoms. The van der Waals surface area contributed by atoms with Gasteiger partial charge in [0.25, 0.3) is 11.1 Å². The summed E-state index contributed by atoms with van der Waals surface area (Å²) in [4.78, 5) is 41.3. The minimum Gasteiger partial charge on any atom is -0.365 e. The standard InChI is InChI=1S/C5H5NOS.C3H3NO2S.C3H3NOS2.2H2S/c6-5(7)4-2-1-3-8-4;2*5-2-1-7-3(6)4-2;;/h1-3H,(H2,6,7);2*1H2,(H,4,5,6);2*1H2. The molecule has 4 amide bonds. The van der Waals surface area contributed by atoms with Gasteiger partial charge in [-0.05, 0) is 11.4 Å². The minimum atomic E-state index is -0.347. The van der Waals surface area contributed by atoms with Gasteiger partial charge < -0.3 is 11.1 Å². The van der Waals surface area contributed by atoms with E-state index in [9.17, 15) is 19.2 Å². The lowest BCUT2D eigenvalue weighted by Gasteiger charge is -1.81. The molecule has 24 heavy (non-hydrogen) atoms. The zero-order valence-electron chi connectivity index (χ0n) is 12.0. The van der Waals surface area contributed by atoms with Crippen molar-refractivity contribution < 1.29 is 19.2 Å². The Kier molecular flexibility index (Phi) is 14.4. The lowest BCUT2D eigenvalue weighted by molar-refractivity contribution is -0.117. The normalized spacial score (nSPS) is 14.7. The Bertz CT molecular complexity index is 535. The molecule has 0 spiro atoms. The molecule has 2 fully saturated rings. The summed E-state index contributed by atoms with van der Waals surface area (Å²) in [6.07, 6.45) is 0. The van der Waals surface area contributed by atoms with Crippen LogP contribution in [0.25, 0.3) is 0 Å². The number of carbonyl (C=O) groups excluding carboxylic acids is 4. The van der Waals surface area contributed by atoms with Crippen LogP contribution < -0.4 is 16.4 Å². The number of thiophene rings is 1. The quantitative estimate of drug-likeness (QED) is 0.555. The van der Waals surface area contributed by atoms with Crippen molar-refractivity contribution in [3.05, 3.63) is 22.4 Å². The fraction of sp³-hybridized carbons (Fsp3) is 0.182. The van der Waals surface area contributed by atoms with Crippen molar-refractivity contribution in [2.75, 3.05) is 11.5 Å². The van der Waals surface area contributed by atoms with Crippen LogP contribution in [0.1, 0.15) is 9.67 Å². The molecule has 0 aromatic carbocycles. The monoisotopic (exact) mass is 445 g/mol. The lowest BCUT2D eigenvalue weighted by Crippen LogP contribution is -2.18. The molecule has 1 aromatic rings. The number of amides is 4. The highest BCUT2D eigenvalue weighted by atomic mass is 32.2. The Morgan fingerprint density at radius 3 is 1.83 bits per heavy atom. The highest BCUT2D eigenvalue weighted by Crippen LogP contribution is 2.07. The van der Waals surface area contributed by atoms with Crippen molar-refractivity contribution in [1.29, 1.82) is 0 Å². The van der Waals surface area contributed by atoms with Crippen molar-refractivity contribution in [3.8, 4) is 0 Å². The molecule has 0 bridgehead atoms. The van der Waals surface area contributed by atoms with Gasteiger partial charge in [-0.2, -0.15) is 27.0 Å². The first-order valence-corrected chi connectivity index (χ1v) is 8.91. The van der Waals surface area contributed by atoms with Crippen molar-refractivity contribution in [2.24, 2.45) is 5.73 Å². The van der Waals surface area contributed by atoms with Gasteiger partial charge in [0.15, 0.2) is 0 Å². The molecule has 4 N–H and O–H groups in total. The third-order valence-corrected chi connectivity index (χ3v) is 4.80. The summed E-state index contributed by atoms with van der Waals surface area (Å²) in [6, 6.07) is 3.50. The maximum atomic E-state index is 10.3. The van der Waals surface area contributed by atoms with Crippen LogP contribution in [0, 0.1) is 0 Å². The second-order valence-corrected chi connectivity index (χ2v) is 7.14. The van der Waals surface area contributed by atoms with Crippen LogP contribution in [0.15, 0.2) is 17.5 Å². The number of hydrogen-bond donors (Lipinski definition) is 3. The van der Waals surface area contributed by atoms with E-state index in [2.05, 4.69) is 22.9 Å². The molecule has 7 nitrogen and oxygen atoms in total. The van der Waals surface area contributed by atoms with Crippen LogP contribution in [0.4, 0.5) is 4.79 Å². The molecule has 0 aliphatic carbocycles. The van der Waals surface area contributed by atoms with Crippen LogP contribution in [0.3, 0.4) is 0 Å². The Balaban J connectivity index is 0. The molecule has 3 rings (SSSR count). The summed E-state index contributed by atoms with van der Waals surface area (Å²) in [5.41, 5.74) is 4.93. The number of thiocarbonyl (C=S) groups is 1. The van der Waals surface area contributed by atoms with Crippen LogP contribution in [-0.4, -0.2) is 38.8 Å². The van der Waals surface area contributed by atoms with E-state index in [0.29, 0.717) is 20.7 Å². The number of nitrogens with one attached hydrogen (secondary N) is 2. The first-order chi connectivity index (χ1) is 10.4. The number of thioether (sulfide) groups is 2. The fourth-order valence-corrected chi connectivity index (χ4v) is 2.96. The lowest BCUT2D eigenvalue weighted by atomic mass is 10.5. The molecule has 0 saturated carbocycles. The highest BCUT2D eigenvalue weighted by Gasteiger charge is 2.16. The maximum absolute atomic E-state index is 10.3. The number of carbonyl (C=O) groups is 4. The zero-order valence-corrected chi connectivity index (χ0v) is 17.3. The SMILES string of the molecule is NC(=O)c1cccs1.O=C1CSC(=O)N1.O=C1CSC(=S)N1.S.S. The summed E-state index contributed by atoms with van der Waals surface area (Å²) >= 11 is 8.37. The number of primary amides is 1. The Labute approximate surface area is 170 Å². The van der Waals surface area contributed by atoms with E-state index in [0.717, 1.165) is 11.8 Å². The topological polar surface area (TPSA) is 118 Å². The zero-order chi connectivity index (χ0) is 16.5. The number of imide groups is 1. The van der Waals surface area contributed by atoms with E-state index >= 15 is 0 Å². The predicted molar refractivity (Wildman–Crippen MR) is 113 cm³/mol. The molecule has 1 aromatic heterocycles. The average molecular weight is 446 g/mol. The van der Waals surface area contributed by atoms with Crippen LogP contribution in [0.2, 0.25) is 0 Å². The first-order valence-electron chi connectivity index (χ1n) is 5.65. The van der Waals surface area contributed by atoms with Gasteiger partial charge in [-0.15, -0.1) is 11.3 Å². The summed E-state index contributed by atoms with van der Waals surface area (Å²) < 4.78 is 0.602. The molecule has 0 radical (unpaired) electrons. The molecule has 2 aliphatic rings. The third kappa shape index (κ3) is 10.9. The van der Waals surface area contributed by atoms with E-state index in [1.54, 1.807) is 12.1 Å². The number of hydrogen-bond acceptors (Lipinski definition) is 8. The van der Waals surface area contributed by atoms with E-state index in [4.69, 9.17) is 5.73 Å². The molecule has 134 valence electrons. The largest absolute Gasteiger partial charge is 0.365 e. The van der Waals surface area contributed by atoms with Gasteiger partial charge in [-0.3, -0.25) is 24.5 Å². The van der Waals surface area contributed by atoms with Crippen LogP contribution in [0.5, 0.6) is 0 Å². The predicted octanol–water partition coefficient (Wildman–Crippen LogP) is 1.18. The molecule has 3 heterocycles. The summed E-state index contributed by atoms with van der Waals surface area (Å²) in [5, 5.41) is 6.16. The fourth-order valence-electron chi connectivity index (χ4n) is 1.05. The molecular formula is C11H15N3O4S6. The van der Waals surface area contributed by atoms with Gasteiger partial charge in [0.2, 0.25) is 11.8 Å². The molecule has 2 saturated heterocycles. The smallest absolute Gasteiger partial charge is 0.286 e. The van der Waals surface area contributed by atoms with Gasteiger partial charge in [0.05, 0.1) is 16.4 Å². The van der Waals surface area contributed by atoms with E-state index in [1.807, 2.05) is 5.38 Å². The summed E-state index contributed by atoms with van der Waals surface area (Å²) in [7, 11) is 0.